The number of hydrogen-bond donors (Lipinski definition) is 1. The normalized spacial score (nSPS) is 19.8. The van der Waals surface area contributed by atoms with E-state index in [0.717, 1.165) is 58.1 Å². The summed E-state index contributed by atoms with van der Waals surface area (Å²) in [4.78, 5) is 23.6. The van der Waals surface area contributed by atoms with Crippen LogP contribution in [0.25, 0.3) is 0 Å². The third kappa shape index (κ3) is 5.12. The molecule has 2 fully saturated rings. The van der Waals surface area contributed by atoms with E-state index >= 15 is 0 Å². The molecule has 1 unspecified atom stereocenters. The van der Waals surface area contributed by atoms with Gasteiger partial charge < -0.3 is 15.1 Å². The van der Waals surface area contributed by atoms with Gasteiger partial charge in [-0.2, -0.15) is 0 Å². The van der Waals surface area contributed by atoms with Crippen LogP contribution in [-0.2, 0) is 10.2 Å². The summed E-state index contributed by atoms with van der Waals surface area (Å²) in [5, 5.41) is 3.43. The zero-order valence-corrected chi connectivity index (χ0v) is 18.8. The Morgan fingerprint density at radius 3 is 2.33 bits per heavy atom. The first-order chi connectivity index (χ1) is 14.3. The standard InChI is InChI=1S/C23H36FN5O/c1-18(21(30)28-11-7-8-12-28)27-13-15-29(16-14-27)22(25-4)26-17-23(2,3)19-9-5-6-10-20(19)24/h5-6,9-10,18H,7-8,11-17H2,1-4H3,(H,25,26). The number of carbonyl (C=O) groups is 1. The van der Waals surface area contributed by atoms with Crippen LogP contribution >= 0.6 is 0 Å². The van der Waals surface area contributed by atoms with Gasteiger partial charge in [0, 0.05) is 58.3 Å². The van der Waals surface area contributed by atoms with E-state index in [2.05, 4.69) is 20.1 Å². The van der Waals surface area contributed by atoms with Gasteiger partial charge >= 0.3 is 0 Å². The second kappa shape index (κ2) is 9.77. The fourth-order valence-electron chi connectivity index (χ4n) is 4.42. The maximum Gasteiger partial charge on any atom is 0.239 e. The maximum atomic E-state index is 14.2. The smallest absolute Gasteiger partial charge is 0.239 e. The van der Waals surface area contributed by atoms with Crippen LogP contribution in [0.4, 0.5) is 4.39 Å². The number of amides is 1. The average molecular weight is 418 g/mol. The first kappa shape index (κ1) is 22.5. The van der Waals surface area contributed by atoms with Crippen molar-refractivity contribution in [1.29, 1.82) is 0 Å². The molecule has 1 atom stereocenters. The number of aliphatic imine (C=N–C) groups is 1. The van der Waals surface area contributed by atoms with E-state index in [-0.39, 0.29) is 23.2 Å². The number of guanidine groups is 1. The Labute approximate surface area is 180 Å². The number of rotatable bonds is 5. The van der Waals surface area contributed by atoms with Crippen molar-refractivity contribution in [2.45, 2.75) is 45.1 Å². The Balaban J connectivity index is 1.52. The van der Waals surface area contributed by atoms with E-state index in [1.54, 1.807) is 13.1 Å². The predicted octanol–water partition coefficient (Wildman–Crippen LogP) is 2.31. The molecule has 1 aromatic rings. The van der Waals surface area contributed by atoms with E-state index in [0.29, 0.717) is 12.1 Å². The van der Waals surface area contributed by atoms with Crippen molar-refractivity contribution in [1.82, 2.24) is 20.0 Å². The zero-order chi connectivity index (χ0) is 21.7. The first-order valence-corrected chi connectivity index (χ1v) is 11.1. The molecular formula is C23H36FN5O. The highest BCUT2D eigenvalue weighted by Crippen LogP contribution is 2.25. The number of nitrogens with one attached hydrogen (secondary N) is 1. The highest BCUT2D eigenvalue weighted by atomic mass is 19.1. The summed E-state index contributed by atoms with van der Waals surface area (Å²) in [5.74, 6) is 0.914. The number of nitrogens with zero attached hydrogens (tertiary/aromatic N) is 4. The van der Waals surface area contributed by atoms with Crippen LogP contribution in [0.1, 0.15) is 39.2 Å². The molecule has 3 rings (SSSR count). The van der Waals surface area contributed by atoms with Gasteiger partial charge in [0.25, 0.3) is 0 Å². The summed E-state index contributed by atoms with van der Waals surface area (Å²) < 4.78 is 14.2. The summed E-state index contributed by atoms with van der Waals surface area (Å²) >= 11 is 0. The summed E-state index contributed by atoms with van der Waals surface area (Å²) in [5.41, 5.74) is 0.340. The van der Waals surface area contributed by atoms with Gasteiger partial charge in [-0.15, -0.1) is 0 Å². The molecule has 2 saturated heterocycles. The second-order valence-electron chi connectivity index (χ2n) is 9.00. The first-order valence-electron chi connectivity index (χ1n) is 11.1. The molecule has 7 heteroatoms. The lowest BCUT2D eigenvalue weighted by Gasteiger charge is -2.40. The molecule has 166 valence electrons. The third-order valence-electron chi connectivity index (χ3n) is 6.44. The molecule has 2 aliphatic heterocycles. The summed E-state index contributed by atoms with van der Waals surface area (Å²) in [6, 6.07) is 6.88. The van der Waals surface area contributed by atoms with Gasteiger partial charge in [0.15, 0.2) is 5.96 Å². The van der Waals surface area contributed by atoms with Crippen molar-refractivity contribution >= 4 is 11.9 Å². The van der Waals surface area contributed by atoms with Crippen molar-refractivity contribution in [3.05, 3.63) is 35.6 Å². The van der Waals surface area contributed by atoms with Gasteiger partial charge in [-0.3, -0.25) is 14.7 Å². The van der Waals surface area contributed by atoms with E-state index in [9.17, 15) is 9.18 Å². The Bertz CT molecular complexity index is 752. The summed E-state index contributed by atoms with van der Waals surface area (Å²) in [6.07, 6.45) is 2.24. The molecule has 1 aromatic carbocycles. The van der Waals surface area contributed by atoms with Gasteiger partial charge in [0.1, 0.15) is 5.82 Å². The molecule has 2 aliphatic rings. The minimum absolute atomic E-state index is 0.0692. The third-order valence-corrected chi connectivity index (χ3v) is 6.44. The lowest BCUT2D eigenvalue weighted by atomic mass is 9.84. The lowest BCUT2D eigenvalue weighted by Crippen LogP contribution is -2.57. The topological polar surface area (TPSA) is 51.2 Å². The van der Waals surface area contributed by atoms with Gasteiger partial charge in [-0.05, 0) is 31.4 Å². The van der Waals surface area contributed by atoms with Crippen LogP contribution in [0, 0.1) is 5.82 Å². The number of hydrogen-bond acceptors (Lipinski definition) is 3. The molecule has 0 radical (unpaired) electrons. The quantitative estimate of drug-likeness (QED) is 0.590. The SMILES string of the molecule is CN=C(NCC(C)(C)c1ccccc1F)N1CCN(C(C)C(=O)N2CCCC2)CC1. The van der Waals surface area contributed by atoms with Gasteiger partial charge in [0.05, 0.1) is 6.04 Å². The number of piperazine rings is 1. The number of likely N-dealkylation sites (tertiary alicyclic amines) is 1. The van der Waals surface area contributed by atoms with E-state index in [1.165, 1.54) is 6.07 Å². The fraction of sp³-hybridized carbons (Fsp3) is 0.652. The Kier molecular flexibility index (Phi) is 7.34. The van der Waals surface area contributed by atoms with Crippen LogP contribution < -0.4 is 5.32 Å². The van der Waals surface area contributed by atoms with Crippen LogP contribution in [-0.4, -0.2) is 85.5 Å². The molecule has 30 heavy (non-hydrogen) atoms. The molecule has 0 aliphatic carbocycles. The lowest BCUT2D eigenvalue weighted by molar-refractivity contribution is -0.135. The fourth-order valence-corrected chi connectivity index (χ4v) is 4.42. The van der Waals surface area contributed by atoms with Crippen molar-refractivity contribution in [3.8, 4) is 0 Å². The molecule has 1 N–H and O–H groups in total. The molecular weight excluding hydrogens is 381 g/mol. The van der Waals surface area contributed by atoms with Crippen LogP contribution in [0.5, 0.6) is 0 Å². The van der Waals surface area contributed by atoms with E-state index in [4.69, 9.17) is 0 Å². The van der Waals surface area contributed by atoms with Gasteiger partial charge in [-0.25, -0.2) is 4.39 Å². The van der Waals surface area contributed by atoms with Crippen molar-refractivity contribution < 1.29 is 9.18 Å². The molecule has 0 bridgehead atoms. The van der Waals surface area contributed by atoms with Crippen molar-refractivity contribution in [2.24, 2.45) is 4.99 Å². The summed E-state index contributed by atoms with van der Waals surface area (Å²) in [6.45, 7) is 11.8. The van der Waals surface area contributed by atoms with Crippen LogP contribution in [0.3, 0.4) is 0 Å². The van der Waals surface area contributed by atoms with E-state index < -0.39 is 0 Å². The van der Waals surface area contributed by atoms with Crippen molar-refractivity contribution in [2.75, 3.05) is 52.9 Å². The predicted molar refractivity (Wildman–Crippen MR) is 119 cm³/mol. The van der Waals surface area contributed by atoms with E-state index in [1.807, 2.05) is 37.8 Å². The Morgan fingerprint density at radius 2 is 1.73 bits per heavy atom. The van der Waals surface area contributed by atoms with Gasteiger partial charge in [-0.1, -0.05) is 32.0 Å². The number of carbonyl (C=O) groups excluding carboxylic acids is 1. The van der Waals surface area contributed by atoms with Crippen LogP contribution in [0.2, 0.25) is 0 Å². The minimum Gasteiger partial charge on any atom is -0.355 e. The molecule has 2 heterocycles. The molecule has 0 spiro atoms. The van der Waals surface area contributed by atoms with Gasteiger partial charge in [0.2, 0.25) is 5.91 Å². The molecule has 1 amide bonds. The minimum atomic E-state index is -0.361. The Morgan fingerprint density at radius 1 is 1.10 bits per heavy atom. The van der Waals surface area contributed by atoms with Crippen molar-refractivity contribution in [3.63, 3.8) is 0 Å². The molecule has 0 saturated carbocycles. The second-order valence-corrected chi connectivity index (χ2v) is 9.00. The highest BCUT2D eigenvalue weighted by Gasteiger charge is 2.31. The average Bonchev–Trinajstić information content (AvgIpc) is 3.28. The summed E-state index contributed by atoms with van der Waals surface area (Å²) in [7, 11) is 1.78. The molecule has 0 aromatic heterocycles. The largest absolute Gasteiger partial charge is 0.355 e. The number of halogens is 1. The Hall–Kier alpha value is -2.15. The maximum absolute atomic E-state index is 14.2. The number of benzene rings is 1. The molecule has 6 nitrogen and oxygen atoms in total. The zero-order valence-electron chi connectivity index (χ0n) is 18.8. The highest BCUT2D eigenvalue weighted by molar-refractivity contribution is 5.82. The monoisotopic (exact) mass is 417 g/mol. The van der Waals surface area contributed by atoms with Crippen LogP contribution in [0.15, 0.2) is 29.3 Å².